The molecular formula is C16H29N5O7S. The van der Waals surface area contributed by atoms with E-state index in [0.717, 1.165) is 0 Å². The van der Waals surface area contributed by atoms with Crippen molar-refractivity contribution in [3.05, 3.63) is 0 Å². The minimum atomic E-state index is -1.29. The highest BCUT2D eigenvalue weighted by Gasteiger charge is 2.27. The topological polar surface area (TPSA) is 214 Å². The molecule has 0 fully saturated rings. The second-order valence-electron chi connectivity index (χ2n) is 6.24. The van der Waals surface area contributed by atoms with E-state index in [4.69, 9.17) is 16.6 Å². The lowest BCUT2D eigenvalue weighted by Gasteiger charge is -2.21. The molecule has 0 rings (SSSR count). The van der Waals surface area contributed by atoms with Crippen molar-refractivity contribution in [2.45, 2.75) is 50.2 Å². The Bertz CT molecular complexity index is 590. The van der Waals surface area contributed by atoms with E-state index in [1.165, 1.54) is 0 Å². The lowest BCUT2D eigenvalue weighted by Crippen LogP contribution is -2.54. The van der Waals surface area contributed by atoms with E-state index in [1.54, 1.807) is 0 Å². The number of thiol groups is 1. The number of amides is 3. The van der Waals surface area contributed by atoms with Gasteiger partial charge in [-0.15, -0.1) is 0 Å². The zero-order valence-corrected chi connectivity index (χ0v) is 16.8. The standard InChI is InChI=1S/C16H29N5O7S/c17-6-2-1-3-11(16(27)28)21-15(26)10(4-5-13(23)24)20-12(22)7-19-14(25)9(18)8-29/h9-11,29H,1-8,17-18H2,(H,19,25)(H,20,22)(H,21,26)(H,23,24)(H,27,28). The average Bonchev–Trinajstić information content (AvgIpc) is 2.67. The molecule has 3 atom stereocenters. The molecule has 0 aromatic heterocycles. The molecule has 0 aliphatic heterocycles. The minimum Gasteiger partial charge on any atom is -0.481 e. The number of aliphatic carboxylic acids is 2. The fourth-order valence-electron chi connectivity index (χ4n) is 2.19. The van der Waals surface area contributed by atoms with Crippen LogP contribution < -0.4 is 27.4 Å². The van der Waals surface area contributed by atoms with Gasteiger partial charge >= 0.3 is 11.9 Å². The Labute approximate surface area is 173 Å². The Morgan fingerprint density at radius 3 is 2.10 bits per heavy atom. The maximum Gasteiger partial charge on any atom is 0.326 e. The molecule has 0 aliphatic rings. The molecule has 3 amide bonds. The van der Waals surface area contributed by atoms with Gasteiger partial charge in [0.2, 0.25) is 17.7 Å². The van der Waals surface area contributed by atoms with Crippen molar-refractivity contribution in [1.82, 2.24) is 16.0 Å². The molecule has 0 bridgehead atoms. The van der Waals surface area contributed by atoms with E-state index < -0.39 is 60.8 Å². The number of carbonyl (C=O) groups excluding carboxylic acids is 3. The van der Waals surface area contributed by atoms with Crippen LogP contribution in [-0.2, 0) is 24.0 Å². The van der Waals surface area contributed by atoms with Crippen LogP contribution in [-0.4, -0.2) is 76.8 Å². The van der Waals surface area contributed by atoms with Gasteiger partial charge in [0.15, 0.2) is 0 Å². The van der Waals surface area contributed by atoms with Crippen molar-refractivity contribution in [2.24, 2.45) is 11.5 Å². The third-order valence-electron chi connectivity index (χ3n) is 3.82. The number of nitrogens with one attached hydrogen (secondary N) is 3. The number of unbranched alkanes of at least 4 members (excludes halogenated alkanes) is 1. The molecule has 9 N–H and O–H groups in total. The Kier molecular flexibility index (Phi) is 13.4. The Hall–Kier alpha value is -2.38. The normalized spacial score (nSPS) is 13.6. The number of carboxylic acid groups (broad SMARTS) is 2. The zero-order chi connectivity index (χ0) is 22.4. The van der Waals surface area contributed by atoms with Gasteiger partial charge in [-0.05, 0) is 32.2 Å². The van der Waals surface area contributed by atoms with Crippen LogP contribution in [0.25, 0.3) is 0 Å². The van der Waals surface area contributed by atoms with Crippen LogP contribution in [0, 0.1) is 0 Å². The summed E-state index contributed by atoms with van der Waals surface area (Å²) in [5.74, 6) is -4.59. The molecule has 0 aromatic rings. The molecule has 29 heavy (non-hydrogen) atoms. The van der Waals surface area contributed by atoms with E-state index in [9.17, 15) is 29.1 Å². The number of hydrogen-bond acceptors (Lipinski definition) is 8. The van der Waals surface area contributed by atoms with Crippen molar-refractivity contribution in [1.29, 1.82) is 0 Å². The highest BCUT2D eigenvalue weighted by atomic mass is 32.1. The first-order valence-corrected chi connectivity index (χ1v) is 9.64. The molecule has 12 nitrogen and oxygen atoms in total. The third-order valence-corrected chi connectivity index (χ3v) is 4.21. The summed E-state index contributed by atoms with van der Waals surface area (Å²) >= 11 is 3.86. The Morgan fingerprint density at radius 1 is 0.931 bits per heavy atom. The summed E-state index contributed by atoms with van der Waals surface area (Å²) in [6.07, 6.45) is 0.492. The smallest absolute Gasteiger partial charge is 0.326 e. The number of nitrogens with two attached hydrogens (primary N) is 2. The fourth-order valence-corrected chi connectivity index (χ4v) is 2.35. The van der Waals surface area contributed by atoms with Crippen LogP contribution in [0.5, 0.6) is 0 Å². The highest BCUT2D eigenvalue weighted by molar-refractivity contribution is 7.80. The van der Waals surface area contributed by atoms with Gasteiger partial charge in [0, 0.05) is 12.2 Å². The van der Waals surface area contributed by atoms with Crippen molar-refractivity contribution in [3.8, 4) is 0 Å². The van der Waals surface area contributed by atoms with Crippen molar-refractivity contribution >= 4 is 42.3 Å². The number of carbonyl (C=O) groups is 5. The van der Waals surface area contributed by atoms with E-state index in [0.29, 0.717) is 19.4 Å². The summed E-state index contributed by atoms with van der Waals surface area (Å²) in [6.45, 7) is -0.115. The fraction of sp³-hybridized carbons (Fsp3) is 0.688. The van der Waals surface area contributed by atoms with Gasteiger partial charge in [-0.25, -0.2) is 4.79 Å². The minimum absolute atomic E-state index is 0.0673. The molecule has 13 heteroatoms. The van der Waals surface area contributed by atoms with Crippen LogP contribution in [0.15, 0.2) is 0 Å². The van der Waals surface area contributed by atoms with Gasteiger partial charge in [-0.3, -0.25) is 19.2 Å². The third kappa shape index (κ3) is 11.9. The van der Waals surface area contributed by atoms with Crippen LogP contribution in [0.4, 0.5) is 0 Å². The van der Waals surface area contributed by atoms with E-state index in [2.05, 4.69) is 28.6 Å². The van der Waals surface area contributed by atoms with Gasteiger partial charge in [0.1, 0.15) is 12.1 Å². The molecule has 0 saturated heterocycles. The van der Waals surface area contributed by atoms with Crippen LogP contribution in [0.3, 0.4) is 0 Å². The number of rotatable bonds is 15. The average molecular weight is 436 g/mol. The quantitative estimate of drug-likeness (QED) is 0.0998. The van der Waals surface area contributed by atoms with Gasteiger partial charge < -0.3 is 37.6 Å². The second kappa shape index (κ2) is 14.6. The molecule has 0 aromatic carbocycles. The van der Waals surface area contributed by atoms with Crippen molar-refractivity contribution < 1.29 is 34.2 Å². The zero-order valence-electron chi connectivity index (χ0n) is 15.9. The van der Waals surface area contributed by atoms with E-state index >= 15 is 0 Å². The maximum absolute atomic E-state index is 12.4. The van der Waals surface area contributed by atoms with Crippen LogP contribution >= 0.6 is 12.6 Å². The largest absolute Gasteiger partial charge is 0.481 e. The first-order valence-electron chi connectivity index (χ1n) is 9.00. The monoisotopic (exact) mass is 435 g/mol. The summed E-state index contributed by atoms with van der Waals surface area (Å²) in [5.41, 5.74) is 10.8. The predicted octanol–water partition coefficient (Wildman–Crippen LogP) is -2.59. The molecule has 0 radical (unpaired) electrons. The molecule has 0 saturated carbocycles. The Morgan fingerprint density at radius 2 is 1.59 bits per heavy atom. The SMILES string of the molecule is NCCCCC(NC(=O)C(CCC(=O)O)NC(=O)CNC(=O)C(N)CS)C(=O)O. The predicted molar refractivity (Wildman–Crippen MR) is 106 cm³/mol. The summed E-state index contributed by atoms with van der Waals surface area (Å²) in [5, 5.41) is 24.9. The Balaban J connectivity index is 4.93. The number of carboxylic acids is 2. The molecule has 166 valence electrons. The van der Waals surface area contributed by atoms with Crippen LogP contribution in [0.2, 0.25) is 0 Å². The molecule has 0 aliphatic carbocycles. The van der Waals surface area contributed by atoms with E-state index in [1.807, 2.05) is 0 Å². The highest BCUT2D eigenvalue weighted by Crippen LogP contribution is 2.04. The summed E-state index contributed by atoms with van der Waals surface area (Å²) in [4.78, 5) is 58.1. The molecule has 3 unspecified atom stereocenters. The first kappa shape index (κ1) is 26.6. The lowest BCUT2D eigenvalue weighted by atomic mass is 10.1. The number of hydrogen-bond donors (Lipinski definition) is 8. The summed E-state index contributed by atoms with van der Waals surface area (Å²) in [7, 11) is 0. The molecule has 0 heterocycles. The van der Waals surface area contributed by atoms with Gasteiger partial charge in [-0.1, -0.05) is 0 Å². The van der Waals surface area contributed by atoms with Crippen LogP contribution in [0.1, 0.15) is 32.1 Å². The molecular weight excluding hydrogens is 406 g/mol. The van der Waals surface area contributed by atoms with Crippen molar-refractivity contribution in [2.75, 3.05) is 18.8 Å². The van der Waals surface area contributed by atoms with Gasteiger partial charge in [-0.2, -0.15) is 12.6 Å². The summed E-state index contributed by atoms with van der Waals surface area (Å²) in [6, 6.07) is -3.40. The molecule has 0 spiro atoms. The summed E-state index contributed by atoms with van der Waals surface area (Å²) < 4.78 is 0. The lowest BCUT2D eigenvalue weighted by molar-refractivity contribution is -0.143. The maximum atomic E-state index is 12.4. The van der Waals surface area contributed by atoms with Crippen molar-refractivity contribution in [3.63, 3.8) is 0 Å². The first-order chi connectivity index (χ1) is 13.6. The van der Waals surface area contributed by atoms with E-state index in [-0.39, 0.29) is 18.6 Å². The van der Waals surface area contributed by atoms with Gasteiger partial charge in [0.25, 0.3) is 0 Å². The van der Waals surface area contributed by atoms with Gasteiger partial charge in [0.05, 0.1) is 12.6 Å². The second-order valence-corrected chi connectivity index (χ2v) is 6.61.